The number of nitrogens with one attached hydrogen (secondary N) is 1. The van der Waals surface area contributed by atoms with Gasteiger partial charge in [-0.25, -0.2) is 0 Å². The molecule has 1 heterocycles. The van der Waals surface area contributed by atoms with Gasteiger partial charge in [0.2, 0.25) is 0 Å². The number of rotatable bonds is 2. The maximum absolute atomic E-state index is 3.78. The quantitative estimate of drug-likeness (QED) is 0.757. The number of thioether (sulfide) groups is 1. The third-order valence-electron chi connectivity index (χ3n) is 3.52. The van der Waals surface area contributed by atoms with Gasteiger partial charge in [-0.05, 0) is 24.2 Å². The summed E-state index contributed by atoms with van der Waals surface area (Å²) in [6.07, 6.45) is 2.78. The van der Waals surface area contributed by atoms with Gasteiger partial charge in [-0.1, -0.05) is 27.7 Å². The van der Waals surface area contributed by atoms with Gasteiger partial charge in [-0.15, -0.1) is 0 Å². The summed E-state index contributed by atoms with van der Waals surface area (Å²) in [6.45, 7) is 9.45. The summed E-state index contributed by atoms with van der Waals surface area (Å²) in [5, 5.41) is 4.64. The average molecular weight is 213 g/mol. The van der Waals surface area contributed by atoms with Crippen molar-refractivity contribution in [2.24, 2.45) is 11.3 Å². The molecule has 4 unspecified atom stereocenters. The van der Waals surface area contributed by atoms with E-state index < -0.39 is 0 Å². The summed E-state index contributed by atoms with van der Waals surface area (Å²) in [5.74, 6) is 2.26. The molecule has 0 bridgehead atoms. The topological polar surface area (TPSA) is 12.0 Å². The Balaban J connectivity index is 1.77. The molecule has 2 aliphatic rings. The molecule has 14 heavy (non-hydrogen) atoms. The van der Waals surface area contributed by atoms with E-state index in [9.17, 15) is 0 Å². The molecule has 0 spiro atoms. The van der Waals surface area contributed by atoms with Gasteiger partial charge in [-0.3, -0.25) is 0 Å². The Hall–Kier alpha value is 0.310. The van der Waals surface area contributed by atoms with Gasteiger partial charge in [-0.2, -0.15) is 11.8 Å². The van der Waals surface area contributed by atoms with Crippen LogP contribution in [0.4, 0.5) is 0 Å². The molecule has 0 amide bonds. The number of hydrogen-bond acceptors (Lipinski definition) is 2. The lowest BCUT2D eigenvalue weighted by Crippen LogP contribution is -2.33. The zero-order chi connectivity index (χ0) is 10.3. The van der Waals surface area contributed by atoms with Crippen molar-refractivity contribution in [3.8, 4) is 0 Å². The summed E-state index contributed by atoms with van der Waals surface area (Å²) in [4.78, 5) is 0. The van der Waals surface area contributed by atoms with E-state index in [-0.39, 0.29) is 0 Å². The Labute approximate surface area is 92.4 Å². The predicted molar refractivity (Wildman–Crippen MR) is 64.8 cm³/mol. The molecule has 1 N–H and O–H groups in total. The van der Waals surface area contributed by atoms with Crippen molar-refractivity contribution in [3.63, 3.8) is 0 Å². The lowest BCUT2D eigenvalue weighted by atomic mass is 9.88. The second-order valence-corrected chi connectivity index (χ2v) is 7.34. The molecule has 1 aliphatic carbocycles. The van der Waals surface area contributed by atoms with Gasteiger partial charge in [0.25, 0.3) is 0 Å². The van der Waals surface area contributed by atoms with Crippen molar-refractivity contribution in [1.82, 2.24) is 5.32 Å². The second-order valence-electron chi connectivity index (χ2n) is 6.11. The molecule has 0 aromatic heterocycles. The van der Waals surface area contributed by atoms with E-state index in [1.54, 1.807) is 0 Å². The van der Waals surface area contributed by atoms with Crippen LogP contribution in [0.15, 0.2) is 0 Å². The van der Waals surface area contributed by atoms with Crippen LogP contribution in [0, 0.1) is 11.3 Å². The van der Waals surface area contributed by atoms with Crippen molar-refractivity contribution in [2.75, 3.05) is 5.75 Å². The molecule has 1 saturated heterocycles. The third kappa shape index (κ3) is 2.46. The Morgan fingerprint density at radius 1 is 1.21 bits per heavy atom. The predicted octanol–water partition coefficient (Wildman–Crippen LogP) is 2.90. The zero-order valence-electron chi connectivity index (χ0n) is 9.84. The fraction of sp³-hybridized carbons (Fsp3) is 1.00. The van der Waals surface area contributed by atoms with Crippen LogP contribution in [0.5, 0.6) is 0 Å². The minimum atomic E-state index is 0.482. The highest BCUT2D eigenvalue weighted by Gasteiger charge is 2.38. The minimum absolute atomic E-state index is 0.482. The fourth-order valence-corrected chi connectivity index (χ4v) is 3.77. The molecule has 2 fully saturated rings. The van der Waals surface area contributed by atoms with Gasteiger partial charge in [0.1, 0.15) is 0 Å². The first-order chi connectivity index (χ1) is 6.47. The highest BCUT2D eigenvalue weighted by molar-refractivity contribution is 8.00. The van der Waals surface area contributed by atoms with E-state index >= 15 is 0 Å². The maximum Gasteiger partial charge on any atom is 0.0171 e. The van der Waals surface area contributed by atoms with Gasteiger partial charge in [0.05, 0.1) is 0 Å². The van der Waals surface area contributed by atoms with Crippen molar-refractivity contribution >= 4 is 11.8 Å². The van der Waals surface area contributed by atoms with Crippen LogP contribution in [0.3, 0.4) is 0 Å². The van der Waals surface area contributed by atoms with Crippen LogP contribution < -0.4 is 5.32 Å². The van der Waals surface area contributed by atoms with Crippen LogP contribution >= 0.6 is 11.8 Å². The van der Waals surface area contributed by atoms with Crippen molar-refractivity contribution in [1.29, 1.82) is 0 Å². The van der Waals surface area contributed by atoms with Crippen LogP contribution in [0.25, 0.3) is 0 Å². The number of hydrogen-bond donors (Lipinski definition) is 1. The molecule has 2 rings (SSSR count). The molecule has 1 nitrogen and oxygen atoms in total. The first-order valence-electron chi connectivity index (χ1n) is 5.84. The van der Waals surface area contributed by atoms with Gasteiger partial charge >= 0.3 is 0 Å². The molecule has 0 aromatic rings. The first-order valence-corrected chi connectivity index (χ1v) is 6.89. The molecule has 2 heteroatoms. The van der Waals surface area contributed by atoms with E-state index in [2.05, 4.69) is 44.8 Å². The van der Waals surface area contributed by atoms with Crippen LogP contribution in [-0.2, 0) is 0 Å². The highest BCUT2D eigenvalue weighted by Crippen LogP contribution is 2.40. The standard InChI is InChI=1S/C12H23NS/c1-8-5-10(8)13-9-6-11(14-7-9)12(2,3)4/h8-11,13H,5-7H2,1-4H3. The monoisotopic (exact) mass is 213 g/mol. The summed E-state index contributed by atoms with van der Waals surface area (Å²) >= 11 is 2.17. The van der Waals surface area contributed by atoms with Crippen molar-refractivity contribution in [3.05, 3.63) is 0 Å². The maximum atomic E-state index is 3.78. The van der Waals surface area contributed by atoms with E-state index in [1.807, 2.05) is 0 Å². The summed E-state index contributed by atoms with van der Waals surface area (Å²) in [7, 11) is 0. The molecule has 0 radical (unpaired) electrons. The Bertz CT molecular complexity index is 209. The molecular formula is C12H23NS. The average Bonchev–Trinajstić information content (AvgIpc) is 2.60. The molecule has 82 valence electrons. The zero-order valence-corrected chi connectivity index (χ0v) is 10.7. The lowest BCUT2D eigenvalue weighted by molar-refractivity contribution is 0.363. The molecule has 0 aromatic carbocycles. The second kappa shape index (κ2) is 3.71. The van der Waals surface area contributed by atoms with Crippen molar-refractivity contribution in [2.45, 2.75) is 57.9 Å². The largest absolute Gasteiger partial charge is 0.310 e. The van der Waals surface area contributed by atoms with E-state index in [1.165, 1.54) is 18.6 Å². The molecule has 1 saturated carbocycles. The molecule has 4 atom stereocenters. The minimum Gasteiger partial charge on any atom is -0.310 e. The van der Waals surface area contributed by atoms with Crippen LogP contribution in [0.2, 0.25) is 0 Å². The van der Waals surface area contributed by atoms with E-state index in [4.69, 9.17) is 0 Å². The van der Waals surface area contributed by atoms with Gasteiger partial charge < -0.3 is 5.32 Å². The van der Waals surface area contributed by atoms with Crippen LogP contribution in [0.1, 0.15) is 40.5 Å². The Morgan fingerprint density at radius 3 is 2.29 bits per heavy atom. The molecular weight excluding hydrogens is 190 g/mol. The summed E-state index contributed by atoms with van der Waals surface area (Å²) < 4.78 is 0. The third-order valence-corrected chi connectivity index (χ3v) is 5.42. The summed E-state index contributed by atoms with van der Waals surface area (Å²) in [6, 6.07) is 1.64. The SMILES string of the molecule is CC1CC1NC1CSC(C(C)(C)C)C1. The molecule has 1 aliphatic heterocycles. The Kier molecular flexibility index (Phi) is 2.87. The van der Waals surface area contributed by atoms with Gasteiger partial charge in [0.15, 0.2) is 0 Å². The van der Waals surface area contributed by atoms with E-state index in [0.29, 0.717) is 5.41 Å². The Morgan fingerprint density at radius 2 is 1.86 bits per heavy atom. The van der Waals surface area contributed by atoms with Gasteiger partial charge in [0, 0.05) is 23.1 Å². The summed E-state index contributed by atoms with van der Waals surface area (Å²) in [5.41, 5.74) is 0.482. The first kappa shape index (κ1) is 10.8. The highest BCUT2D eigenvalue weighted by atomic mass is 32.2. The van der Waals surface area contributed by atoms with Crippen molar-refractivity contribution < 1.29 is 0 Å². The van der Waals surface area contributed by atoms with Crippen LogP contribution in [-0.4, -0.2) is 23.1 Å². The fourth-order valence-electron chi connectivity index (χ4n) is 2.20. The smallest absolute Gasteiger partial charge is 0.0171 e. The lowest BCUT2D eigenvalue weighted by Gasteiger charge is -2.26. The van der Waals surface area contributed by atoms with E-state index in [0.717, 1.165) is 23.3 Å². The normalized spacial score (nSPS) is 42.9.